The molecule has 210 valence electrons. The van der Waals surface area contributed by atoms with Gasteiger partial charge in [0, 0.05) is 44.3 Å². The van der Waals surface area contributed by atoms with E-state index in [9.17, 15) is 4.79 Å². The van der Waals surface area contributed by atoms with E-state index >= 15 is 0 Å². The molecule has 2 aliphatic rings. The predicted molar refractivity (Wildman–Crippen MR) is 154 cm³/mol. The molecule has 0 aliphatic heterocycles. The number of fused-ring (bicyclic) bond motifs is 1. The number of nitrogens with one attached hydrogen (secondary N) is 1. The Morgan fingerprint density at radius 1 is 1.18 bits per heavy atom. The van der Waals surface area contributed by atoms with Crippen molar-refractivity contribution in [1.29, 1.82) is 0 Å². The van der Waals surface area contributed by atoms with E-state index in [0.717, 1.165) is 42.8 Å². The van der Waals surface area contributed by atoms with E-state index in [2.05, 4.69) is 39.8 Å². The van der Waals surface area contributed by atoms with Crippen LogP contribution in [-0.2, 0) is 16.3 Å². The summed E-state index contributed by atoms with van der Waals surface area (Å²) in [6.45, 7) is 8.95. The number of rotatable bonds is 13. The third-order valence-electron chi connectivity index (χ3n) is 7.10. The summed E-state index contributed by atoms with van der Waals surface area (Å²) in [6.07, 6.45) is 6.56. The second kappa shape index (κ2) is 11.2. The van der Waals surface area contributed by atoms with Gasteiger partial charge in [0.05, 0.1) is 7.11 Å². The number of amides is 1. The first-order chi connectivity index (χ1) is 18.6. The first-order valence-electron chi connectivity index (χ1n) is 13.7. The van der Waals surface area contributed by atoms with Crippen LogP contribution in [0.25, 0.3) is 22.2 Å². The van der Waals surface area contributed by atoms with E-state index in [0.29, 0.717) is 48.0 Å². The van der Waals surface area contributed by atoms with E-state index in [1.54, 1.807) is 7.11 Å². The molecule has 3 aromatic heterocycles. The molecule has 39 heavy (non-hydrogen) atoms. The molecular weight excluding hydrogens is 512 g/mol. The zero-order valence-corrected chi connectivity index (χ0v) is 24.9. The van der Waals surface area contributed by atoms with Crippen LogP contribution in [0, 0.1) is 11.8 Å². The fourth-order valence-electron chi connectivity index (χ4n) is 4.70. The molecule has 2 atom stereocenters. The van der Waals surface area contributed by atoms with Crippen LogP contribution in [0.15, 0.2) is 24.7 Å². The highest BCUT2D eigenvalue weighted by molar-refractivity contribution is 6.76. The van der Waals surface area contributed by atoms with Gasteiger partial charge in [-0.15, -0.1) is 0 Å². The van der Waals surface area contributed by atoms with Gasteiger partial charge >= 0.3 is 0 Å². The van der Waals surface area contributed by atoms with Gasteiger partial charge in [-0.1, -0.05) is 19.6 Å². The maximum Gasteiger partial charge on any atom is 0.228 e. The summed E-state index contributed by atoms with van der Waals surface area (Å²) in [7, 11) is 4.44. The summed E-state index contributed by atoms with van der Waals surface area (Å²) in [6, 6.07) is 4.90. The van der Waals surface area contributed by atoms with Crippen molar-refractivity contribution in [3.63, 3.8) is 0 Å². The number of hydrogen-bond acceptors (Lipinski definition) is 8. The molecule has 3 aromatic rings. The monoisotopic (exact) mass is 552 g/mol. The minimum absolute atomic E-state index is 0.0247. The third-order valence-corrected chi connectivity index (χ3v) is 8.81. The van der Waals surface area contributed by atoms with Gasteiger partial charge in [-0.2, -0.15) is 0 Å². The van der Waals surface area contributed by atoms with Gasteiger partial charge in [-0.3, -0.25) is 4.79 Å². The summed E-state index contributed by atoms with van der Waals surface area (Å²) in [5.74, 6) is 1.93. The smallest absolute Gasteiger partial charge is 0.228 e. The van der Waals surface area contributed by atoms with Crippen molar-refractivity contribution in [2.24, 2.45) is 11.8 Å². The van der Waals surface area contributed by atoms with Crippen LogP contribution in [0.2, 0.25) is 25.7 Å². The molecule has 1 N–H and O–H groups in total. The fourth-order valence-corrected chi connectivity index (χ4v) is 5.46. The molecular formula is C28H40N6O4Si. The van der Waals surface area contributed by atoms with Crippen LogP contribution in [0.3, 0.4) is 0 Å². The third kappa shape index (κ3) is 6.77. The second-order valence-electron chi connectivity index (χ2n) is 12.2. The molecule has 2 fully saturated rings. The average molecular weight is 553 g/mol. The number of hydrogen-bond donors (Lipinski definition) is 1. The quantitative estimate of drug-likeness (QED) is 0.244. The lowest BCUT2D eigenvalue weighted by atomic mass is 10.1. The summed E-state index contributed by atoms with van der Waals surface area (Å²) in [5.41, 5.74) is 2.26. The number of anilines is 1. The van der Waals surface area contributed by atoms with Crippen LogP contribution in [0.4, 0.5) is 5.82 Å². The van der Waals surface area contributed by atoms with Gasteiger partial charge in [0.15, 0.2) is 0 Å². The van der Waals surface area contributed by atoms with Gasteiger partial charge in [0.2, 0.25) is 17.7 Å². The number of nitrogens with zero attached hydrogens (tertiary/aromatic N) is 5. The predicted octanol–water partition coefficient (Wildman–Crippen LogP) is 4.49. The number of ether oxygens (including phenoxy) is 3. The minimum atomic E-state index is -1.22. The summed E-state index contributed by atoms with van der Waals surface area (Å²) < 4.78 is 19.9. The van der Waals surface area contributed by atoms with Crippen LogP contribution in [-0.4, -0.2) is 78.9 Å². The fraction of sp³-hybridized carbons (Fsp3) is 0.571. The van der Waals surface area contributed by atoms with Gasteiger partial charge in [-0.05, 0) is 57.5 Å². The first kappa shape index (κ1) is 27.5. The summed E-state index contributed by atoms with van der Waals surface area (Å²) in [4.78, 5) is 28.7. The highest BCUT2D eigenvalue weighted by atomic mass is 28.3. The maximum absolute atomic E-state index is 12.9. The molecule has 11 heteroatoms. The Kier molecular flexibility index (Phi) is 7.93. The highest BCUT2D eigenvalue weighted by Gasteiger charge is 2.43. The average Bonchev–Trinajstić information content (AvgIpc) is 3.80. The Labute approximate surface area is 231 Å². The van der Waals surface area contributed by atoms with E-state index in [4.69, 9.17) is 19.2 Å². The Hall–Kier alpha value is -3.02. The molecule has 10 nitrogen and oxygen atoms in total. The van der Waals surface area contributed by atoms with Crippen molar-refractivity contribution in [3.8, 4) is 22.9 Å². The van der Waals surface area contributed by atoms with Crippen LogP contribution in [0.1, 0.15) is 19.3 Å². The van der Waals surface area contributed by atoms with Gasteiger partial charge in [0.25, 0.3) is 0 Å². The Morgan fingerprint density at radius 3 is 2.64 bits per heavy atom. The van der Waals surface area contributed by atoms with Crippen molar-refractivity contribution < 1.29 is 19.0 Å². The van der Waals surface area contributed by atoms with E-state index in [-0.39, 0.29) is 17.9 Å². The van der Waals surface area contributed by atoms with Crippen molar-refractivity contribution in [1.82, 2.24) is 24.4 Å². The zero-order valence-electron chi connectivity index (χ0n) is 23.9. The number of aromatic nitrogens is 4. The van der Waals surface area contributed by atoms with Gasteiger partial charge in [-0.25, -0.2) is 15.0 Å². The molecule has 0 aromatic carbocycles. The summed E-state index contributed by atoms with van der Waals surface area (Å²) in [5, 5.41) is 3.92. The summed E-state index contributed by atoms with van der Waals surface area (Å²) >= 11 is 0. The second-order valence-corrected chi connectivity index (χ2v) is 17.8. The topological polar surface area (TPSA) is 104 Å². The number of carbonyl (C=O) groups is 1. The van der Waals surface area contributed by atoms with Gasteiger partial charge in [0.1, 0.15) is 36.2 Å². The van der Waals surface area contributed by atoms with Crippen LogP contribution in [0.5, 0.6) is 11.8 Å². The molecule has 0 unspecified atom stereocenters. The molecule has 0 bridgehead atoms. The van der Waals surface area contributed by atoms with Crippen molar-refractivity contribution in [2.45, 2.75) is 57.8 Å². The molecule has 3 heterocycles. The van der Waals surface area contributed by atoms with Crippen molar-refractivity contribution in [3.05, 3.63) is 24.7 Å². The first-order valence-corrected chi connectivity index (χ1v) is 17.4. The lowest BCUT2D eigenvalue weighted by Gasteiger charge is -2.15. The zero-order chi connectivity index (χ0) is 27.7. The van der Waals surface area contributed by atoms with Crippen LogP contribution >= 0.6 is 0 Å². The Bertz CT molecular complexity index is 1330. The molecule has 5 rings (SSSR count). The molecule has 0 radical (unpaired) electrons. The van der Waals surface area contributed by atoms with E-state index < -0.39 is 8.07 Å². The molecule has 1 amide bonds. The van der Waals surface area contributed by atoms with Crippen LogP contribution < -0.4 is 14.8 Å². The molecule has 0 saturated heterocycles. The maximum atomic E-state index is 12.9. The molecule has 0 spiro atoms. The van der Waals surface area contributed by atoms with Gasteiger partial charge < -0.3 is 29.0 Å². The standard InChI is InChI=1S/C28H40N6O4Si/c1-33(2)14-18-13-21(18)26(35)32-23-10-9-20-22(15-34(25(20)31-23)17-37-11-12-39(4,5)6)24-27(36-3)29-16-30-28(24)38-19-7-8-19/h9-10,15-16,18-19,21H,7-8,11-14,17H2,1-6H3,(H,31,32,35)/t18-,21+/m1/s1. The lowest BCUT2D eigenvalue weighted by Crippen LogP contribution is -2.22. The number of carbonyl (C=O) groups excluding carboxylic acids is 1. The van der Waals surface area contributed by atoms with E-state index in [1.807, 2.05) is 37.0 Å². The Balaban J connectivity index is 1.46. The Morgan fingerprint density at radius 2 is 1.95 bits per heavy atom. The number of pyridine rings is 1. The van der Waals surface area contributed by atoms with Crippen molar-refractivity contribution >= 4 is 30.8 Å². The largest absolute Gasteiger partial charge is 0.480 e. The SMILES string of the molecule is COc1ncnc(OC2CC2)c1-c1cn(COCC[Si](C)(C)C)c2nc(NC(=O)[C@H]3C[C@@H]3CN(C)C)ccc12. The minimum Gasteiger partial charge on any atom is -0.480 e. The number of methoxy groups -OCH3 is 1. The normalized spacial score (nSPS) is 18.9. The molecule has 2 aliphatic carbocycles. The van der Waals surface area contributed by atoms with E-state index in [1.165, 1.54) is 6.33 Å². The highest BCUT2D eigenvalue weighted by Crippen LogP contribution is 2.43. The molecule has 2 saturated carbocycles. The van der Waals surface area contributed by atoms with Crippen molar-refractivity contribution in [2.75, 3.05) is 39.7 Å². The lowest BCUT2D eigenvalue weighted by molar-refractivity contribution is -0.117.